The van der Waals surface area contributed by atoms with Crippen LogP contribution in [0.5, 0.6) is 5.88 Å². The van der Waals surface area contributed by atoms with Gasteiger partial charge in [-0.3, -0.25) is 10.3 Å². The molecule has 0 aromatic carbocycles. The number of hydrogen-bond acceptors (Lipinski definition) is 7. The molecule has 7 heteroatoms. The lowest BCUT2D eigenvalue weighted by atomic mass is 10.1. The fraction of sp³-hybridized carbons (Fsp3) is 0.571. The number of thiophene rings is 1. The molecule has 2 aromatic rings. The second kappa shape index (κ2) is 6.55. The number of nitrogen functional groups attached to an aromatic ring is 1. The maximum absolute atomic E-state index is 5.90. The number of hydrazine groups is 1. The van der Waals surface area contributed by atoms with E-state index in [1.807, 2.05) is 0 Å². The number of rotatable bonds is 5. The van der Waals surface area contributed by atoms with Gasteiger partial charge in [0.2, 0.25) is 11.8 Å². The molecule has 6 nitrogen and oxygen atoms in total. The van der Waals surface area contributed by atoms with Crippen LogP contribution in [-0.2, 0) is 0 Å². The van der Waals surface area contributed by atoms with E-state index in [0.29, 0.717) is 18.4 Å². The third kappa shape index (κ3) is 3.42. The quantitative estimate of drug-likeness (QED) is 0.651. The van der Waals surface area contributed by atoms with Gasteiger partial charge in [-0.25, -0.2) is 10.8 Å². The van der Waals surface area contributed by atoms with E-state index in [9.17, 15) is 0 Å². The molecule has 0 amide bonds. The summed E-state index contributed by atoms with van der Waals surface area (Å²) in [4.78, 5) is 13.2. The molecule has 0 atom stereocenters. The van der Waals surface area contributed by atoms with Crippen LogP contribution >= 0.6 is 11.3 Å². The number of anilines is 1. The Morgan fingerprint density at radius 3 is 2.90 bits per heavy atom. The van der Waals surface area contributed by atoms with Crippen LogP contribution in [0, 0.1) is 6.92 Å². The molecule has 1 fully saturated rings. The number of ether oxygens (including phenoxy) is 1. The van der Waals surface area contributed by atoms with Crippen LogP contribution in [0.15, 0.2) is 6.07 Å². The fourth-order valence-electron chi connectivity index (χ4n) is 2.64. The number of aromatic nitrogens is 2. The highest BCUT2D eigenvalue weighted by molar-refractivity contribution is 7.18. The summed E-state index contributed by atoms with van der Waals surface area (Å²) in [5.41, 5.74) is 2.50. The third-order valence-corrected chi connectivity index (χ3v) is 4.65. The number of nitrogens with zero attached hydrogens (tertiary/aromatic N) is 3. The largest absolute Gasteiger partial charge is 0.476 e. The van der Waals surface area contributed by atoms with Crippen molar-refractivity contribution in [3.05, 3.63) is 10.9 Å². The van der Waals surface area contributed by atoms with Crippen molar-refractivity contribution in [3.63, 3.8) is 0 Å². The summed E-state index contributed by atoms with van der Waals surface area (Å²) in [6.07, 6.45) is 3.94. The third-order valence-electron chi connectivity index (χ3n) is 3.71. The zero-order valence-corrected chi connectivity index (χ0v) is 13.1. The lowest BCUT2D eigenvalue weighted by Crippen LogP contribution is -2.33. The highest BCUT2D eigenvalue weighted by atomic mass is 32.1. The predicted molar refractivity (Wildman–Crippen MR) is 85.7 cm³/mol. The molecule has 0 aliphatic carbocycles. The molecule has 0 saturated carbocycles. The molecule has 114 valence electrons. The Labute approximate surface area is 128 Å². The molecule has 3 rings (SSSR count). The van der Waals surface area contributed by atoms with E-state index in [1.165, 1.54) is 37.2 Å². The van der Waals surface area contributed by atoms with Gasteiger partial charge < -0.3 is 4.74 Å². The van der Waals surface area contributed by atoms with E-state index < -0.39 is 0 Å². The van der Waals surface area contributed by atoms with Gasteiger partial charge in [0.1, 0.15) is 11.4 Å². The average molecular weight is 307 g/mol. The molecular weight excluding hydrogens is 286 g/mol. The van der Waals surface area contributed by atoms with Gasteiger partial charge >= 0.3 is 0 Å². The van der Waals surface area contributed by atoms with Crippen LogP contribution < -0.4 is 16.0 Å². The number of hydrogen-bond donors (Lipinski definition) is 2. The number of fused-ring (bicyclic) bond motifs is 1. The topological polar surface area (TPSA) is 76.3 Å². The van der Waals surface area contributed by atoms with E-state index in [4.69, 9.17) is 10.6 Å². The maximum atomic E-state index is 5.90. The molecule has 2 aromatic heterocycles. The van der Waals surface area contributed by atoms with Crippen molar-refractivity contribution >= 4 is 27.5 Å². The van der Waals surface area contributed by atoms with Gasteiger partial charge in [0, 0.05) is 11.4 Å². The summed E-state index contributed by atoms with van der Waals surface area (Å²) < 4.78 is 5.90. The molecule has 21 heavy (non-hydrogen) atoms. The SMILES string of the molecule is Cc1cc2c(OCCN3CCCCC3)nc(NN)nc2s1. The van der Waals surface area contributed by atoms with E-state index >= 15 is 0 Å². The van der Waals surface area contributed by atoms with E-state index in [-0.39, 0.29) is 0 Å². The standard InChI is InChI=1S/C14H21N5OS/c1-10-9-11-12(16-14(18-15)17-13(11)21-10)20-8-7-19-5-3-2-4-6-19/h9H,2-8,15H2,1H3,(H,16,17,18). The summed E-state index contributed by atoms with van der Waals surface area (Å²) in [7, 11) is 0. The van der Waals surface area contributed by atoms with Gasteiger partial charge in [-0.15, -0.1) is 11.3 Å². The van der Waals surface area contributed by atoms with Gasteiger partial charge in [-0.1, -0.05) is 6.42 Å². The van der Waals surface area contributed by atoms with Crippen LogP contribution in [0.1, 0.15) is 24.1 Å². The Bertz CT molecular complexity index is 609. The Morgan fingerprint density at radius 2 is 2.14 bits per heavy atom. The molecule has 3 heterocycles. The Hall–Kier alpha value is -1.44. The van der Waals surface area contributed by atoms with E-state index in [0.717, 1.165) is 16.8 Å². The van der Waals surface area contributed by atoms with Crippen LogP contribution in [-0.4, -0.2) is 41.1 Å². The summed E-state index contributed by atoms with van der Waals surface area (Å²) in [5, 5.41) is 0.968. The van der Waals surface area contributed by atoms with Gasteiger partial charge in [-0.2, -0.15) is 4.98 Å². The smallest absolute Gasteiger partial charge is 0.241 e. The lowest BCUT2D eigenvalue weighted by molar-refractivity contribution is 0.181. The Morgan fingerprint density at radius 1 is 1.33 bits per heavy atom. The fourth-order valence-corrected chi connectivity index (χ4v) is 3.51. The van der Waals surface area contributed by atoms with Crippen molar-refractivity contribution in [1.29, 1.82) is 0 Å². The zero-order valence-electron chi connectivity index (χ0n) is 12.3. The van der Waals surface area contributed by atoms with Crippen molar-refractivity contribution in [2.45, 2.75) is 26.2 Å². The maximum Gasteiger partial charge on any atom is 0.241 e. The Kier molecular flexibility index (Phi) is 4.52. The van der Waals surface area contributed by atoms with Crippen molar-refractivity contribution in [1.82, 2.24) is 14.9 Å². The zero-order chi connectivity index (χ0) is 14.7. The minimum atomic E-state index is 0.400. The average Bonchev–Trinajstić information content (AvgIpc) is 2.88. The monoisotopic (exact) mass is 307 g/mol. The molecule has 1 saturated heterocycles. The number of nitrogens with one attached hydrogen (secondary N) is 1. The van der Waals surface area contributed by atoms with Gasteiger partial charge in [0.25, 0.3) is 0 Å². The van der Waals surface area contributed by atoms with Crippen molar-refractivity contribution < 1.29 is 4.74 Å². The molecule has 0 radical (unpaired) electrons. The van der Waals surface area contributed by atoms with E-state index in [2.05, 4.69) is 33.3 Å². The highest BCUT2D eigenvalue weighted by Crippen LogP contribution is 2.30. The van der Waals surface area contributed by atoms with Crippen molar-refractivity contribution in [3.8, 4) is 5.88 Å². The van der Waals surface area contributed by atoms with Crippen LogP contribution in [0.2, 0.25) is 0 Å². The first kappa shape index (κ1) is 14.5. The van der Waals surface area contributed by atoms with Gasteiger partial charge in [0.15, 0.2) is 0 Å². The first-order valence-corrected chi connectivity index (χ1v) is 8.18. The van der Waals surface area contributed by atoms with Gasteiger partial charge in [-0.05, 0) is 38.9 Å². The molecule has 0 bridgehead atoms. The summed E-state index contributed by atoms with van der Waals surface area (Å²) >= 11 is 1.62. The lowest BCUT2D eigenvalue weighted by Gasteiger charge is -2.26. The molecule has 3 N–H and O–H groups in total. The van der Waals surface area contributed by atoms with Crippen LogP contribution in [0.4, 0.5) is 5.95 Å². The summed E-state index contributed by atoms with van der Waals surface area (Å²) in [6.45, 7) is 6.00. The highest BCUT2D eigenvalue weighted by Gasteiger charge is 2.13. The normalized spacial score (nSPS) is 16.3. The minimum absolute atomic E-state index is 0.400. The number of aryl methyl sites for hydroxylation is 1. The Balaban J connectivity index is 1.70. The van der Waals surface area contributed by atoms with Crippen molar-refractivity contribution in [2.75, 3.05) is 31.7 Å². The number of nitrogens with two attached hydrogens (primary N) is 1. The van der Waals surface area contributed by atoms with E-state index in [1.54, 1.807) is 11.3 Å². The van der Waals surface area contributed by atoms with Crippen LogP contribution in [0.3, 0.4) is 0 Å². The molecule has 0 spiro atoms. The van der Waals surface area contributed by atoms with Gasteiger partial charge in [0.05, 0.1) is 5.39 Å². The number of likely N-dealkylation sites (tertiary alicyclic amines) is 1. The summed E-state index contributed by atoms with van der Waals surface area (Å²) in [5.74, 6) is 6.45. The number of piperidine rings is 1. The first-order valence-electron chi connectivity index (χ1n) is 7.36. The van der Waals surface area contributed by atoms with Crippen molar-refractivity contribution in [2.24, 2.45) is 5.84 Å². The summed E-state index contributed by atoms with van der Waals surface area (Å²) in [6, 6.07) is 2.07. The minimum Gasteiger partial charge on any atom is -0.476 e. The molecule has 1 aliphatic heterocycles. The first-order chi connectivity index (χ1) is 10.3. The molecule has 1 aliphatic rings. The molecular formula is C14H21N5OS. The second-order valence-corrected chi connectivity index (χ2v) is 6.56. The second-order valence-electron chi connectivity index (χ2n) is 5.32. The molecule has 0 unspecified atom stereocenters. The predicted octanol–water partition coefficient (Wildman–Crippen LogP) is 2.15. The van der Waals surface area contributed by atoms with Crippen LogP contribution in [0.25, 0.3) is 10.2 Å².